The highest BCUT2D eigenvalue weighted by molar-refractivity contribution is 7.09. The van der Waals surface area contributed by atoms with Gasteiger partial charge in [0, 0.05) is 30.9 Å². The number of halogens is 2. The molecule has 22 heavy (non-hydrogen) atoms. The van der Waals surface area contributed by atoms with E-state index in [0.29, 0.717) is 24.1 Å². The lowest BCUT2D eigenvalue weighted by molar-refractivity contribution is 0.0568. The number of likely N-dealkylation sites (tertiary alicyclic amines) is 1. The van der Waals surface area contributed by atoms with Gasteiger partial charge in [-0.3, -0.25) is 4.79 Å². The van der Waals surface area contributed by atoms with Crippen LogP contribution >= 0.6 is 36.2 Å². The predicted molar refractivity (Wildman–Crippen MR) is 97.4 cm³/mol. The molecule has 1 aromatic heterocycles. The zero-order valence-electron chi connectivity index (χ0n) is 13.4. The Bertz CT molecular complexity index is 467. The van der Waals surface area contributed by atoms with E-state index in [1.165, 1.54) is 0 Å². The van der Waals surface area contributed by atoms with Gasteiger partial charge in [-0.05, 0) is 24.7 Å². The molecule has 0 saturated carbocycles. The van der Waals surface area contributed by atoms with Gasteiger partial charge < -0.3 is 10.6 Å². The average molecular weight is 368 g/mol. The van der Waals surface area contributed by atoms with Gasteiger partial charge in [0.1, 0.15) is 5.69 Å². The molecule has 2 heterocycles. The van der Waals surface area contributed by atoms with Gasteiger partial charge in [0.15, 0.2) is 0 Å². The Kier molecular flexibility index (Phi) is 9.55. The van der Waals surface area contributed by atoms with Crippen molar-refractivity contribution in [3.05, 3.63) is 16.1 Å². The number of amides is 1. The number of carbonyl (C=O) groups is 1. The van der Waals surface area contributed by atoms with Crippen LogP contribution in [0.15, 0.2) is 5.38 Å². The molecular formula is C15H27Cl2N3OS. The van der Waals surface area contributed by atoms with Crippen LogP contribution in [0.25, 0.3) is 0 Å². The van der Waals surface area contributed by atoms with E-state index >= 15 is 0 Å². The molecule has 0 aliphatic carbocycles. The highest BCUT2D eigenvalue weighted by Gasteiger charge is 2.30. The second kappa shape index (κ2) is 9.71. The number of hydrogen-bond acceptors (Lipinski definition) is 4. The van der Waals surface area contributed by atoms with Gasteiger partial charge in [-0.1, -0.05) is 20.8 Å². The summed E-state index contributed by atoms with van der Waals surface area (Å²) >= 11 is 1.59. The molecule has 0 bridgehead atoms. The maximum atomic E-state index is 12.6. The number of carbonyl (C=O) groups excluding carboxylic acids is 1. The van der Waals surface area contributed by atoms with E-state index in [1.807, 2.05) is 10.3 Å². The van der Waals surface area contributed by atoms with Gasteiger partial charge >= 0.3 is 0 Å². The quantitative estimate of drug-likeness (QED) is 0.886. The SMILES string of the molecule is CC(C)Cc1nc(C(=O)N2CCC(C)CC2CN)cs1.Cl.Cl. The van der Waals surface area contributed by atoms with Crippen LogP contribution in [-0.2, 0) is 6.42 Å². The minimum atomic E-state index is 0. The van der Waals surface area contributed by atoms with E-state index in [0.717, 1.165) is 30.8 Å². The summed E-state index contributed by atoms with van der Waals surface area (Å²) < 4.78 is 0. The van der Waals surface area contributed by atoms with Crippen molar-refractivity contribution in [1.82, 2.24) is 9.88 Å². The molecule has 0 spiro atoms. The molecule has 1 amide bonds. The predicted octanol–water partition coefficient (Wildman–Crippen LogP) is 3.38. The van der Waals surface area contributed by atoms with Crippen molar-refractivity contribution in [2.75, 3.05) is 13.1 Å². The lowest BCUT2D eigenvalue weighted by Crippen LogP contribution is -2.49. The Balaban J connectivity index is 0.00000220. The molecule has 2 N–H and O–H groups in total. The molecule has 7 heteroatoms. The summed E-state index contributed by atoms with van der Waals surface area (Å²) in [5.74, 6) is 1.27. The molecule has 0 radical (unpaired) electrons. The molecule has 2 atom stereocenters. The third kappa shape index (κ3) is 5.37. The molecule has 1 saturated heterocycles. The molecular weight excluding hydrogens is 341 g/mol. The first-order valence-corrected chi connectivity index (χ1v) is 8.34. The molecule has 128 valence electrons. The van der Waals surface area contributed by atoms with Crippen LogP contribution in [0.2, 0.25) is 0 Å². The summed E-state index contributed by atoms with van der Waals surface area (Å²) in [6.45, 7) is 7.91. The van der Waals surface area contributed by atoms with Gasteiger partial charge in [-0.15, -0.1) is 36.2 Å². The molecule has 2 unspecified atom stereocenters. The van der Waals surface area contributed by atoms with Crippen LogP contribution in [0.1, 0.15) is 49.1 Å². The fourth-order valence-electron chi connectivity index (χ4n) is 2.74. The Morgan fingerprint density at radius 2 is 2.18 bits per heavy atom. The number of nitrogens with two attached hydrogens (primary N) is 1. The number of hydrogen-bond donors (Lipinski definition) is 1. The van der Waals surface area contributed by atoms with Gasteiger partial charge in [-0.25, -0.2) is 4.98 Å². The largest absolute Gasteiger partial charge is 0.333 e. The summed E-state index contributed by atoms with van der Waals surface area (Å²) in [5, 5.41) is 2.95. The lowest BCUT2D eigenvalue weighted by Gasteiger charge is -2.37. The maximum absolute atomic E-state index is 12.6. The summed E-state index contributed by atoms with van der Waals surface area (Å²) in [6.07, 6.45) is 3.01. The van der Waals surface area contributed by atoms with E-state index in [2.05, 4.69) is 25.8 Å². The van der Waals surface area contributed by atoms with Gasteiger partial charge in [0.25, 0.3) is 5.91 Å². The second-order valence-electron chi connectivity index (χ2n) is 6.24. The van der Waals surface area contributed by atoms with Crippen LogP contribution in [-0.4, -0.2) is 34.9 Å². The molecule has 0 aromatic carbocycles. The van der Waals surface area contributed by atoms with Gasteiger partial charge in [0.2, 0.25) is 0 Å². The number of piperidine rings is 1. The van der Waals surface area contributed by atoms with E-state index in [9.17, 15) is 4.79 Å². The van der Waals surface area contributed by atoms with Gasteiger partial charge in [-0.2, -0.15) is 0 Å². The summed E-state index contributed by atoms with van der Waals surface area (Å²) in [7, 11) is 0. The van der Waals surface area contributed by atoms with E-state index in [4.69, 9.17) is 5.73 Å². The molecule has 1 aliphatic heterocycles. The standard InChI is InChI=1S/C15H25N3OS.2ClH/c1-10(2)6-14-17-13(9-20-14)15(19)18-5-4-11(3)7-12(18)8-16;;/h9-12H,4-8,16H2,1-3H3;2*1H. The van der Waals surface area contributed by atoms with Crippen LogP contribution in [0.5, 0.6) is 0 Å². The zero-order chi connectivity index (χ0) is 14.7. The fourth-order valence-corrected chi connectivity index (χ4v) is 3.72. The molecule has 4 nitrogen and oxygen atoms in total. The first-order valence-electron chi connectivity index (χ1n) is 7.46. The summed E-state index contributed by atoms with van der Waals surface area (Å²) in [4.78, 5) is 19.0. The smallest absolute Gasteiger partial charge is 0.273 e. The van der Waals surface area contributed by atoms with Crippen molar-refractivity contribution in [3.8, 4) is 0 Å². The van der Waals surface area contributed by atoms with Crippen LogP contribution in [0.4, 0.5) is 0 Å². The first-order chi connectivity index (χ1) is 9.51. The van der Waals surface area contributed by atoms with Crippen LogP contribution in [0.3, 0.4) is 0 Å². The molecule has 1 aromatic rings. The monoisotopic (exact) mass is 367 g/mol. The first kappa shape index (κ1) is 21.6. The average Bonchev–Trinajstić information content (AvgIpc) is 2.85. The second-order valence-corrected chi connectivity index (χ2v) is 7.18. The van der Waals surface area contributed by atoms with Crippen molar-refractivity contribution in [2.24, 2.45) is 17.6 Å². The van der Waals surface area contributed by atoms with Gasteiger partial charge in [0.05, 0.1) is 5.01 Å². The number of thiazole rings is 1. The number of rotatable bonds is 4. The Labute approximate surface area is 149 Å². The topological polar surface area (TPSA) is 59.2 Å². The van der Waals surface area contributed by atoms with Crippen molar-refractivity contribution in [3.63, 3.8) is 0 Å². The Morgan fingerprint density at radius 1 is 1.50 bits per heavy atom. The minimum Gasteiger partial charge on any atom is -0.333 e. The fraction of sp³-hybridized carbons (Fsp3) is 0.733. The highest BCUT2D eigenvalue weighted by Crippen LogP contribution is 2.24. The normalized spacial score (nSPS) is 21.2. The molecule has 1 fully saturated rings. The third-order valence-corrected chi connectivity index (χ3v) is 4.74. The number of aromatic nitrogens is 1. The van der Waals surface area contributed by atoms with Crippen molar-refractivity contribution >= 4 is 42.1 Å². The van der Waals surface area contributed by atoms with Crippen molar-refractivity contribution < 1.29 is 4.79 Å². The van der Waals surface area contributed by atoms with Crippen LogP contribution < -0.4 is 5.73 Å². The van der Waals surface area contributed by atoms with E-state index in [1.54, 1.807) is 11.3 Å². The highest BCUT2D eigenvalue weighted by atomic mass is 35.5. The minimum absolute atomic E-state index is 0. The maximum Gasteiger partial charge on any atom is 0.273 e. The lowest BCUT2D eigenvalue weighted by atomic mass is 9.92. The summed E-state index contributed by atoms with van der Waals surface area (Å²) in [5.41, 5.74) is 6.43. The summed E-state index contributed by atoms with van der Waals surface area (Å²) in [6, 6.07) is 0.168. The Hall–Kier alpha value is -0.360. The number of nitrogens with zero attached hydrogens (tertiary/aromatic N) is 2. The Morgan fingerprint density at radius 3 is 2.77 bits per heavy atom. The zero-order valence-corrected chi connectivity index (χ0v) is 15.9. The van der Waals surface area contributed by atoms with Crippen molar-refractivity contribution in [2.45, 2.75) is 46.1 Å². The van der Waals surface area contributed by atoms with Crippen molar-refractivity contribution in [1.29, 1.82) is 0 Å². The van der Waals surface area contributed by atoms with E-state index in [-0.39, 0.29) is 36.8 Å². The molecule has 2 rings (SSSR count). The van der Waals surface area contributed by atoms with E-state index < -0.39 is 0 Å². The van der Waals surface area contributed by atoms with Crippen LogP contribution in [0, 0.1) is 11.8 Å². The third-order valence-electron chi connectivity index (χ3n) is 3.86. The molecule has 1 aliphatic rings.